The molecule has 1 fully saturated rings. The van der Waals surface area contributed by atoms with Crippen LogP contribution in [-0.4, -0.2) is 38.6 Å². The Morgan fingerprint density at radius 1 is 1.43 bits per heavy atom. The lowest BCUT2D eigenvalue weighted by atomic mass is 9.99. The summed E-state index contributed by atoms with van der Waals surface area (Å²) in [7, 11) is -3.07. The number of nitrogens with zero attached hydrogens (tertiary/aromatic N) is 1. The van der Waals surface area contributed by atoms with Crippen molar-refractivity contribution in [3.63, 3.8) is 0 Å². The van der Waals surface area contributed by atoms with Crippen LogP contribution in [0.1, 0.15) is 31.4 Å². The van der Waals surface area contributed by atoms with E-state index in [0.29, 0.717) is 19.0 Å². The highest BCUT2D eigenvalue weighted by atomic mass is 35.5. The van der Waals surface area contributed by atoms with Gasteiger partial charge in [-0.3, -0.25) is 0 Å². The van der Waals surface area contributed by atoms with E-state index in [1.54, 1.807) is 4.31 Å². The minimum Gasteiger partial charge on any atom is -0.310 e. The number of hydrogen-bond donors (Lipinski definition) is 1. The fraction of sp³-hybridized carbons (Fsp3) is 0.600. The average molecular weight is 331 g/mol. The van der Waals surface area contributed by atoms with Crippen LogP contribution >= 0.6 is 11.6 Å². The second-order valence-corrected chi connectivity index (χ2v) is 8.17. The van der Waals surface area contributed by atoms with E-state index in [1.807, 2.05) is 24.3 Å². The minimum absolute atomic E-state index is 0.160. The number of hydrogen-bond acceptors (Lipinski definition) is 3. The van der Waals surface area contributed by atoms with Crippen molar-refractivity contribution in [2.45, 2.75) is 25.8 Å². The molecular formula is C15H23ClN2O2S. The maximum absolute atomic E-state index is 11.6. The average Bonchev–Trinajstić information content (AvgIpc) is 2.45. The second-order valence-electron chi connectivity index (χ2n) is 5.78. The van der Waals surface area contributed by atoms with Gasteiger partial charge in [-0.1, -0.05) is 29.8 Å². The summed E-state index contributed by atoms with van der Waals surface area (Å²) in [5.41, 5.74) is 1.08. The van der Waals surface area contributed by atoms with Crippen molar-refractivity contribution in [1.29, 1.82) is 0 Å². The summed E-state index contributed by atoms with van der Waals surface area (Å²) in [6.45, 7) is 4.15. The van der Waals surface area contributed by atoms with Crippen LogP contribution in [0.4, 0.5) is 0 Å². The molecule has 1 N–H and O–H groups in total. The zero-order chi connectivity index (χ0) is 15.5. The molecule has 118 valence electrons. The summed E-state index contributed by atoms with van der Waals surface area (Å²) in [5.74, 6) is 0.360. The van der Waals surface area contributed by atoms with Crippen LogP contribution in [0.2, 0.25) is 5.02 Å². The van der Waals surface area contributed by atoms with Crippen molar-refractivity contribution >= 4 is 21.6 Å². The van der Waals surface area contributed by atoms with Crippen molar-refractivity contribution < 1.29 is 8.42 Å². The molecule has 0 spiro atoms. The highest BCUT2D eigenvalue weighted by molar-refractivity contribution is 7.88. The number of benzene rings is 1. The smallest absolute Gasteiger partial charge is 0.211 e. The van der Waals surface area contributed by atoms with Crippen molar-refractivity contribution in [3.05, 3.63) is 34.9 Å². The Kier molecular flexibility index (Phi) is 5.66. The Hall–Kier alpha value is -0.620. The topological polar surface area (TPSA) is 49.4 Å². The third-order valence-electron chi connectivity index (χ3n) is 4.04. The molecule has 1 saturated heterocycles. The molecule has 0 saturated carbocycles. The lowest BCUT2D eigenvalue weighted by molar-refractivity contribution is 0.257. The minimum atomic E-state index is -3.07. The van der Waals surface area contributed by atoms with E-state index in [1.165, 1.54) is 6.26 Å². The Bertz CT molecular complexity index is 577. The first kappa shape index (κ1) is 16.7. The fourth-order valence-corrected chi connectivity index (χ4v) is 4.02. The molecule has 1 heterocycles. The van der Waals surface area contributed by atoms with Crippen LogP contribution < -0.4 is 5.32 Å². The molecule has 4 nitrogen and oxygen atoms in total. The first-order chi connectivity index (χ1) is 9.88. The van der Waals surface area contributed by atoms with Crippen molar-refractivity contribution in [2.24, 2.45) is 5.92 Å². The summed E-state index contributed by atoms with van der Waals surface area (Å²) < 4.78 is 24.8. The fourth-order valence-electron chi connectivity index (χ4n) is 2.77. The predicted molar refractivity (Wildman–Crippen MR) is 87.0 cm³/mol. The molecule has 21 heavy (non-hydrogen) atoms. The van der Waals surface area contributed by atoms with Crippen LogP contribution in [0.3, 0.4) is 0 Å². The normalized spacial score (nSPS) is 22.1. The number of rotatable bonds is 5. The molecule has 1 aromatic carbocycles. The van der Waals surface area contributed by atoms with E-state index in [-0.39, 0.29) is 6.04 Å². The molecule has 1 unspecified atom stereocenters. The SMILES string of the molecule is C[C@H](NCC1CCCN(S(C)(=O)=O)C1)c1ccccc1Cl. The predicted octanol–water partition coefficient (Wildman–Crippen LogP) is 2.66. The van der Waals surface area contributed by atoms with Gasteiger partial charge >= 0.3 is 0 Å². The van der Waals surface area contributed by atoms with E-state index in [9.17, 15) is 8.42 Å². The van der Waals surface area contributed by atoms with Gasteiger partial charge in [-0.15, -0.1) is 0 Å². The number of sulfonamides is 1. The van der Waals surface area contributed by atoms with Crippen LogP contribution in [0.15, 0.2) is 24.3 Å². The molecule has 0 bridgehead atoms. The molecule has 1 aromatic rings. The molecule has 6 heteroatoms. The highest BCUT2D eigenvalue weighted by Gasteiger charge is 2.26. The molecule has 1 aliphatic rings. The lowest BCUT2D eigenvalue weighted by Crippen LogP contribution is -2.42. The van der Waals surface area contributed by atoms with Crippen LogP contribution in [0.5, 0.6) is 0 Å². The molecule has 0 amide bonds. The third kappa shape index (κ3) is 4.68. The molecule has 2 atom stereocenters. The zero-order valence-electron chi connectivity index (χ0n) is 12.5. The maximum atomic E-state index is 11.6. The van der Waals surface area contributed by atoms with Crippen LogP contribution in [0.25, 0.3) is 0 Å². The molecule has 1 aliphatic heterocycles. The van der Waals surface area contributed by atoms with Gasteiger partial charge in [0.25, 0.3) is 0 Å². The van der Waals surface area contributed by atoms with Crippen molar-refractivity contribution in [3.8, 4) is 0 Å². The molecule has 2 rings (SSSR count). The zero-order valence-corrected chi connectivity index (χ0v) is 14.1. The van der Waals surface area contributed by atoms with E-state index in [2.05, 4.69) is 12.2 Å². The Morgan fingerprint density at radius 2 is 2.14 bits per heavy atom. The van der Waals surface area contributed by atoms with Crippen LogP contribution in [-0.2, 0) is 10.0 Å². The van der Waals surface area contributed by atoms with E-state index in [0.717, 1.165) is 30.0 Å². The van der Waals surface area contributed by atoms with Crippen molar-refractivity contribution in [1.82, 2.24) is 9.62 Å². The molecular weight excluding hydrogens is 308 g/mol. The first-order valence-electron chi connectivity index (χ1n) is 7.31. The maximum Gasteiger partial charge on any atom is 0.211 e. The second kappa shape index (κ2) is 7.09. The van der Waals surface area contributed by atoms with E-state index >= 15 is 0 Å². The van der Waals surface area contributed by atoms with E-state index < -0.39 is 10.0 Å². The van der Waals surface area contributed by atoms with Gasteiger partial charge in [-0.05, 0) is 43.9 Å². The molecule has 0 aliphatic carbocycles. The largest absolute Gasteiger partial charge is 0.310 e. The van der Waals surface area contributed by atoms with Gasteiger partial charge in [0.2, 0.25) is 10.0 Å². The number of nitrogens with one attached hydrogen (secondary N) is 1. The summed E-state index contributed by atoms with van der Waals surface area (Å²) >= 11 is 6.20. The van der Waals surface area contributed by atoms with Gasteiger partial charge in [0, 0.05) is 24.2 Å². The Labute approximate surface area is 132 Å². The summed E-state index contributed by atoms with van der Waals surface area (Å²) in [5, 5.41) is 4.24. The van der Waals surface area contributed by atoms with E-state index in [4.69, 9.17) is 11.6 Å². The Balaban J connectivity index is 1.90. The number of halogens is 1. The third-order valence-corrected chi connectivity index (χ3v) is 5.65. The van der Waals surface area contributed by atoms with Gasteiger partial charge in [0.05, 0.1) is 6.26 Å². The lowest BCUT2D eigenvalue weighted by Gasteiger charge is -2.31. The monoisotopic (exact) mass is 330 g/mol. The van der Waals surface area contributed by atoms with Crippen molar-refractivity contribution in [2.75, 3.05) is 25.9 Å². The highest BCUT2D eigenvalue weighted by Crippen LogP contribution is 2.23. The van der Waals surface area contributed by atoms with Gasteiger partial charge in [0.15, 0.2) is 0 Å². The molecule has 0 aromatic heterocycles. The Morgan fingerprint density at radius 3 is 2.81 bits per heavy atom. The van der Waals surface area contributed by atoms with Gasteiger partial charge < -0.3 is 5.32 Å². The number of piperidine rings is 1. The first-order valence-corrected chi connectivity index (χ1v) is 9.53. The van der Waals surface area contributed by atoms with Gasteiger partial charge in [0.1, 0.15) is 0 Å². The summed E-state index contributed by atoms with van der Waals surface area (Å²) in [6.07, 6.45) is 3.28. The van der Waals surface area contributed by atoms with Crippen LogP contribution in [0, 0.1) is 5.92 Å². The summed E-state index contributed by atoms with van der Waals surface area (Å²) in [6, 6.07) is 7.96. The van der Waals surface area contributed by atoms with Gasteiger partial charge in [-0.2, -0.15) is 0 Å². The van der Waals surface area contributed by atoms with Gasteiger partial charge in [-0.25, -0.2) is 12.7 Å². The quantitative estimate of drug-likeness (QED) is 0.903. The standard InChI is InChI=1S/C15H23ClN2O2S/c1-12(14-7-3-4-8-15(14)16)17-10-13-6-5-9-18(11-13)21(2,19)20/h3-4,7-8,12-13,17H,5-6,9-11H2,1-2H3/t12-,13?/m0/s1. The molecule has 0 radical (unpaired) electrons. The summed E-state index contributed by atoms with van der Waals surface area (Å²) in [4.78, 5) is 0.